The molecular weight excluding hydrogens is 405 g/mol. The van der Waals surface area contributed by atoms with Crippen LogP contribution in [0, 0.1) is 5.82 Å². The summed E-state index contributed by atoms with van der Waals surface area (Å²) in [6.07, 6.45) is 1.67. The van der Waals surface area contributed by atoms with Gasteiger partial charge in [-0.2, -0.15) is 4.31 Å². The number of sulfonamides is 1. The first kappa shape index (κ1) is 22.4. The molecule has 162 valence electrons. The van der Waals surface area contributed by atoms with Crippen LogP contribution in [0.5, 0.6) is 0 Å². The molecule has 2 aromatic rings. The van der Waals surface area contributed by atoms with Crippen molar-refractivity contribution < 1.29 is 17.6 Å². The number of nitrogens with zero attached hydrogens (tertiary/aromatic N) is 2. The molecule has 0 unspecified atom stereocenters. The van der Waals surface area contributed by atoms with Gasteiger partial charge in [0.25, 0.3) is 0 Å². The molecule has 0 atom stereocenters. The van der Waals surface area contributed by atoms with E-state index in [9.17, 15) is 17.6 Å². The standard InChI is InChI=1S/C22H28FN3O3S/c1-3-17-6-5-7-18(4-2)22(17)24-21(27)16-25-12-14-26(15-13-25)30(28,29)20-10-8-19(23)9-11-20/h5-11H,3-4,12-16H2,1-2H3,(H,24,27). The maximum atomic E-state index is 13.1. The number of carbonyl (C=O) groups excluding carboxylic acids is 1. The summed E-state index contributed by atoms with van der Waals surface area (Å²) < 4.78 is 39.9. The van der Waals surface area contributed by atoms with Gasteiger partial charge in [-0.15, -0.1) is 0 Å². The normalized spacial score (nSPS) is 15.8. The number of hydrogen-bond acceptors (Lipinski definition) is 4. The first-order valence-corrected chi connectivity index (χ1v) is 11.7. The number of carbonyl (C=O) groups is 1. The Labute approximate surface area is 177 Å². The molecule has 0 radical (unpaired) electrons. The summed E-state index contributed by atoms with van der Waals surface area (Å²) in [7, 11) is -3.66. The first-order valence-electron chi connectivity index (χ1n) is 10.2. The monoisotopic (exact) mass is 433 g/mol. The molecular formula is C22H28FN3O3S. The van der Waals surface area contributed by atoms with Crippen molar-refractivity contribution in [3.8, 4) is 0 Å². The van der Waals surface area contributed by atoms with E-state index in [1.807, 2.05) is 23.1 Å². The van der Waals surface area contributed by atoms with Crippen LogP contribution in [0.25, 0.3) is 0 Å². The number of rotatable bonds is 7. The molecule has 1 fully saturated rings. The van der Waals surface area contributed by atoms with Crippen molar-refractivity contribution in [3.05, 3.63) is 59.4 Å². The molecule has 0 saturated carbocycles. The van der Waals surface area contributed by atoms with Gasteiger partial charge in [0.1, 0.15) is 5.82 Å². The van der Waals surface area contributed by atoms with Crippen molar-refractivity contribution in [3.63, 3.8) is 0 Å². The average Bonchev–Trinajstić information content (AvgIpc) is 2.74. The number of halogens is 1. The number of benzene rings is 2. The summed E-state index contributed by atoms with van der Waals surface area (Å²) in [6.45, 7) is 5.84. The number of anilines is 1. The number of amides is 1. The average molecular weight is 434 g/mol. The van der Waals surface area contributed by atoms with Crippen LogP contribution >= 0.6 is 0 Å². The van der Waals surface area contributed by atoms with Crippen molar-refractivity contribution in [1.82, 2.24) is 9.21 Å². The second-order valence-electron chi connectivity index (χ2n) is 7.34. The summed E-state index contributed by atoms with van der Waals surface area (Å²) >= 11 is 0. The maximum absolute atomic E-state index is 13.1. The van der Waals surface area contributed by atoms with Crippen molar-refractivity contribution in [2.75, 3.05) is 38.0 Å². The molecule has 0 aliphatic carbocycles. The maximum Gasteiger partial charge on any atom is 0.243 e. The van der Waals surface area contributed by atoms with Gasteiger partial charge in [-0.05, 0) is 48.2 Å². The van der Waals surface area contributed by atoms with Crippen LogP contribution in [-0.4, -0.2) is 56.3 Å². The summed E-state index contributed by atoms with van der Waals surface area (Å²) in [4.78, 5) is 14.7. The number of nitrogens with one attached hydrogen (secondary N) is 1. The van der Waals surface area contributed by atoms with Crippen LogP contribution in [0.2, 0.25) is 0 Å². The third-order valence-corrected chi connectivity index (χ3v) is 7.33. The van der Waals surface area contributed by atoms with Crippen molar-refractivity contribution >= 4 is 21.6 Å². The Balaban J connectivity index is 1.59. The van der Waals surface area contributed by atoms with E-state index >= 15 is 0 Å². The van der Waals surface area contributed by atoms with E-state index in [-0.39, 0.29) is 17.3 Å². The summed E-state index contributed by atoms with van der Waals surface area (Å²) in [5, 5.41) is 3.05. The van der Waals surface area contributed by atoms with Gasteiger partial charge < -0.3 is 5.32 Å². The SMILES string of the molecule is CCc1cccc(CC)c1NC(=O)CN1CCN(S(=O)(=O)c2ccc(F)cc2)CC1. The van der Waals surface area contributed by atoms with E-state index in [0.29, 0.717) is 26.2 Å². The Kier molecular flexibility index (Phi) is 7.23. The molecule has 1 N–H and O–H groups in total. The molecule has 0 aromatic heterocycles. The van der Waals surface area contributed by atoms with Gasteiger partial charge in [0.2, 0.25) is 15.9 Å². The minimum absolute atomic E-state index is 0.0818. The fourth-order valence-electron chi connectivity index (χ4n) is 3.67. The fraction of sp³-hybridized carbons (Fsp3) is 0.409. The second kappa shape index (κ2) is 9.68. The highest BCUT2D eigenvalue weighted by Crippen LogP contribution is 2.23. The lowest BCUT2D eigenvalue weighted by Crippen LogP contribution is -2.50. The van der Waals surface area contributed by atoms with Crippen LogP contribution in [-0.2, 0) is 27.7 Å². The van der Waals surface area contributed by atoms with Gasteiger partial charge in [0, 0.05) is 31.9 Å². The van der Waals surface area contributed by atoms with Gasteiger partial charge in [-0.1, -0.05) is 32.0 Å². The van der Waals surface area contributed by atoms with Crippen LogP contribution < -0.4 is 5.32 Å². The lowest BCUT2D eigenvalue weighted by molar-refractivity contribution is -0.117. The molecule has 1 aliphatic rings. The van der Waals surface area contributed by atoms with Crippen molar-refractivity contribution in [2.24, 2.45) is 0 Å². The molecule has 30 heavy (non-hydrogen) atoms. The van der Waals surface area contributed by atoms with Gasteiger partial charge in [-0.3, -0.25) is 9.69 Å². The lowest BCUT2D eigenvalue weighted by atomic mass is 10.0. The molecule has 1 aliphatic heterocycles. The minimum atomic E-state index is -3.66. The van der Waals surface area contributed by atoms with Gasteiger partial charge in [-0.25, -0.2) is 12.8 Å². The van der Waals surface area contributed by atoms with Crippen LogP contribution in [0.3, 0.4) is 0 Å². The number of hydrogen-bond donors (Lipinski definition) is 1. The second-order valence-corrected chi connectivity index (χ2v) is 9.28. The largest absolute Gasteiger partial charge is 0.324 e. The van der Waals surface area contributed by atoms with E-state index in [0.717, 1.165) is 41.8 Å². The highest BCUT2D eigenvalue weighted by atomic mass is 32.2. The Morgan fingerprint density at radius 2 is 1.53 bits per heavy atom. The van der Waals surface area contributed by atoms with Crippen molar-refractivity contribution in [2.45, 2.75) is 31.6 Å². The molecule has 1 heterocycles. The quantitative estimate of drug-likeness (QED) is 0.729. The molecule has 1 saturated heterocycles. The van der Waals surface area contributed by atoms with E-state index in [4.69, 9.17) is 0 Å². The Morgan fingerprint density at radius 1 is 0.967 bits per heavy atom. The highest BCUT2D eigenvalue weighted by molar-refractivity contribution is 7.89. The van der Waals surface area contributed by atoms with Crippen LogP contribution in [0.4, 0.5) is 10.1 Å². The van der Waals surface area contributed by atoms with E-state index in [1.165, 1.54) is 16.4 Å². The highest BCUT2D eigenvalue weighted by Gasteiger charge is 2.29. The molecule has 6 nitrogen and oxygen atoms in total. The van der Waals surface area contributed by atoms with E-state index < -0.39 is 15.8 Å². The smallest absolute Gasteiger partial charge is 0.243 e. The van der Waals surface area contributed by atoms with Gasteiger partial charge in [0.05, 0.1) is 11.4 Å². The first-order chi connectivity index (χ1) is 14.3. The number of piperazine rings is 1. The third-order valence-electron chi connectivity index (χ3n) is 5.41. The Morgan fingerprint density at radius 3 is 2.07 bits per heavy atom. The number of aryl methyl sites for hydroxylation is 2. The summed E-state index contributed by atoms with van der Waals surface area (Å²) in [5.41, 5.74) is 3.11. The zero-order valence-corrected chi connectivity index (χ0v) is 18.2. The topological polar surface area (TPSA) is 69.7 Å². The van der Waals surface area contributed by atoms with Gasteiger partial charge in [0.15, 0.2) is 0 Å². The third kappa shape index (κ3) is 5.06. The Hall–Kier alpha value is -2.29. The molecule has 2 aromatic carbocycles. The molecule has 3 rings (SSSR count). The predicted molar refractivity (Wildman–Crippen MR) is 115 cm³/mol. The lowest BCUT2D eigenvalue weighted by Gasteiger charge is -2.33. The number of para-hydroxylation sites is 1. The zero-order chi connectivity index (χ0) is 21.7. The Bertz CT molecular complexity index is 963. The fourth-order valence-corrected chi connectivity index (χ4v) is 5.09. The molecule has 8 heteroatoms. The molecule has 1 amide bonds. The van der Waals surface area contributed by atoms with Crippen molar-refractivity contribution in [1.29, 1.82) is 0 Å². The summed E-state index contributed by atoms with van der Waals surface area (Å²) in [6, 6.07) is 10.9. The van der Waals surface area contributed by atoms with E-state index in [1.54, 1.807) is 0 Å². The van der Waals surface area contributed by atoms with Crippen LogP contribution in [0.15, 0.2) is 47.4 Å². The molecule has 0 bridgehead atoms. The van der Waals surface area contributed by atoms with Gasteiger partial charge >= 0.3 is 0 Å². The zero-order valence-electron chi connectivity index (χ0n) is 17.4. The van der Waals surface area contributed by atoms with E-state index in [2.05, 4.69) is 19.2 Å². The minimum Gasteiger partial charge on any atom is -0.324 e. The predicted octanol–water partition coefficient (Wildman–Crippen LogP) is 2.90. The summed E-state index contributed by atoms with van der Waals surface area (Å²) in [5.74, 6) is -0.568. The molecule has 0 spiro atoms. The van der Waals surface area contributed by atoms with Crippen LogP contribution in [0.1, 0.15) is 25.0 Å².